The number of hydrogen-bond donors (Lipinski definition) is 2. The van der Waals surface area contributed by atoms with Gasteiger partial charge in [-0.05, 0) is 44.0 Å². The lowest BCUT2D eigenvalue weighted by molar-refractivity contribution is 0.139. The Bertz CT molecular complexity index is 834. The molecule has 2 N–H and O–H groups in total. The molecule has 0 unspecified atom stereocenters. The predicted octanol–water partition coefficient (Wildman–Crippen LogP) is 4.22. The van der Waals surface area contributed by atoms with Crippen LogP contribution in [0.5, 0.6) is 23.0 Å². The molecule has 124 valence electrons. The van der Waals surface area contributed by atoms with Gasteiger partial charge in [-0.2, -0.15) is 0 Å². The Kier molecular flexibility index (Phi) is 3.41. The van der Waals surface area contributed by atoms with Crippen LogP contribution < -0.4 is 9.47 Å². The maximum absolute atomic E-state index is 10.3. The number of ether oxygens (including phenoxy) is 2. The van der Waals surface area contributed by atoms with Crippen molar-refractivity contribution in [2.24, 2.45) is 0 Å². The van der Waals surface area contributed by atoms with Gasteiger partial charge in [-0.3, -0.25) is 0 Å². The third kappa shape index (κ3) is 2.39. The molecule has 4 heteroatoms. The highest BCUT2D eigenvalue weighted by Crippen LogP contribution is 2.52. The van der Waals surface area contributed by atoms with E-state index < -0.39 is 0 Å². The number of phenolic OH excluding ortho intramolecular Hbond substituents is 2. The lowest BCUT2D eigenvalue weighted by Crippen LogP contribution is -2.23. The van der Waals surface area contributed by atoms with E-state index in [1.807, 2.05) is 26.0 Å². The Hall–Kier alpha value is -2.62. The van der Waals surface area contributed by atoms with Crippen LogP contribution in [0.4, 0.5) is 0 Å². The van der Waals surface area contributed by atoms with E-state index in [0.29, 0.717) is 24.5 Å². The molecule has 2 aromatic rings. The molecule has 0 spiro atoms. The van der Waals surface area contributed by atoms with Crippen LogP contribution in [0.3, 0.4) is 0 Å². The lowest BCUT2D eigenvalue weighted by Gasteiger charge is -2.27. The first-order valence-corrected chi connectivity index (χ1v) is 8.14. The molecule has 2 heterocycles. The van der Waals surface area contributed by atoms with E-state index in [9.17, 15) is 10.2 Å². The van der Waals surface area contributed by atoms with Crippen molar-refractivity contribution in [1.29, 1.82) is 0 Å². The molecular weight excluding hydrogens is 304 g/mol. The van der Waals surface area contributed by atoms with Crippen LogP contribution in [-0.2, 0) is 6.42 Å². The second-order valence-corrected chi connectivity index (χ2v) is 6.68. The minimum atomic E-state index is -0.137. The standard InChI is InChI=1S/C20H20O4/c1-11(2)3-4-12-7-15-16-10-23-18-8-13(21)5-6-14(18)20(16)24-19(15)9-17(12)22/h3,5-9,16,20-22H,4,10H2,1-2H3/t16-,20-/m0/s1. The van der Waals surface area contributed by atoms with Gasteiger partial charge in [0.25, 0.3) is 0 Å². The summed E-state index contributed by atoms with van der Waals surface area (Å²) in [5.41, 5.74) is 4.13. The third-order valence-electron chi connectivity index (χ3n) is 4.68. The van der Waals surface area contributed by atoms with Gasteiger partial charge in [0, 0.05) is 23.3 Å². The fraction of sp³-hybridized carbons (Fsp3) is 0.300. The van der Waals surface area contributed by atoms with Crippen molar-refractivity contribution >= 4 is 0 Å². The number of aromatic hydroxyl groups is 2. The molecule has 2 aliphatic rings. The van der Waals surface area contributed by atoms with Crippen molar-refractivity contribution in [3.05, 3.63) is 58.7 Å². The monoisotopic (exact) mass is 324 g/mol. The van der Waals surface area contributed by atoms with Gasteiger partial charge in [-0.1, -0.05) is 11.6 Å². The summed E-state index contributed by atoms with van der Waals surface area (Å²) in [6.07, 6.45) is 2.66. The van der Waals surface area contributed by atoms with Gasteiger partial charge in [0.2, 0.25) is 0 Å². The molecule has 2 aromatic carbocycles. The quantitative estimate of drug-likeness (QED) is 0.812. The number of fused-ring (bicyclic) bond motifs is 5. The molecule has 2 aliphatic heterocycles. The maximum Gasteiger partial charge on any atom is 0.138 e. The Labute approximate surface area is 141 Å². The van der Waals surface area contributed by atoms with Crippen molar-refractivity contribution in [2.45, 2.75) is 32.3 Å². The molecule has 0 aliphatic carbocycles. The fourth-order valence-corrected chi connectivity index (χ4v) is 3.40. The highest BCUT2D eigenvalue weighted by molar-refractivity contribution is 5.54. The molecule has 0 amide bonds. The highest BCUT2D eigenvalue weighted by atomic mass is 16.5. The molecule has 0 saturated carbocycles. The van der Waals surface area contributed by atoms with Crippen molar-refractivity contribution in [1.82, 2.24) is 0 Å². The van der Waals surface area contributed by atoms with Gasteiger partial charge < -0.3 is 19.7 Å². The van der Waals surface area contributed by atoms with Gasteiger partial charge in [-0.25, -0.2) is 0 Å². The molecule has 0 aromatic heterocycles. The number of rotatable bonds is 2. The summed E-state index contributed by atoms with van der Waals surface area (Å²) in [5, 5.41) is 19.9. The highest BCUT2D eigenvalue weighted by Gasteiger charge is 2.41. The fourth-order valence-electron chi connectivity index (χ4n) is 3.40. The molecule has 0 saturated heterocycles. The number of hydrogen-bond acceptors (Lipinski definition) is 4. The van der Waals surface area contributed by atoms with Gasteiger partial charge >= 0.3 is 0 Å². The Balaban J connectivity index is 1.72. The number of phenols is 2. The summed E-state index contributed by atoms with van der Waals surface area (Å²) in [4.78, 5) is 0. The maximum atomic E-state index is 10.3. The normalized spacial score (nSPS) is 20.2. The van der Waals surface area contributed by atoms with Crippen LogP contribution in [0.1, 0.15) is 42.6 Å². The number of allylic oxidation sites excluding steroid dienone is 2. The third-order valence-corrected chi connectivity index (χ3v) is 4.68. The average molecular weight is 324 g/mol. The van der Waals surface area contributed by atoms with E-state index >= 15 is 0 Å². The van der Waals surface area contributed by atoms with E-state index in [1.165, 1.54) is 5.57 Å². The van der Waals surface area contributed by atoms with Crippen molar-refractivity contribution < 1.29 is 19.7 Å². The first-order chi connectivity index (χ1) is 11.5. The lowest BCUT2D eigenvalue weighted by atomic mass is 9.88. The molecule has 0 fully saturated rings. The smallest absolute Gasteiger partial charge is 0.138 e. The van der Waals surface area contributed by atoms with E-state index in [4.69, 9.17) is 9.47 Å². The second kappa shape index (κ2) is 5.48. The minimum Gasteiger partial charge on any atom is -0.508 e. The second-order valence-electron chi connectivity index (χ2n) is 6.68. The summed E-state index contributed by atoms with van der Waals surface area (Å²) >= 11 is 0. The van der Waals surface area contributed by atoms with Crippen LogP contribution in [-0.4, -0.2) is 16.8 Å². The van der Waals surface area contributed by atoms with E-state index in [1.54, 1.807) is 18.2 Å². The van der Waals surface area contributed by atoms with Gasteiger partial charge in [-0.15, -0.1) is 0 Å². The number of benzene rings is 2. The Morgan fingerprint density at radius 2 is 1.96 bits per heavy atom. The zero-order valence-electron chi connectivity index (χ0n) is 13.7. The Morgan fingerprint density at radius 3 is 2.75 bits per heavy atom. The molecular formula is C20H20O4. The van der Waals surface area contributed by atoms with Gasteiger partial charge in [0.05, 0.1) is 12.5 Å². The summed E-state index contributed by atoms with van der Waals surface area (Å²) in [5.74, 6) is 1.93. The summed E-state index contributed by atoms with van der Waals surface area (Å²) in [7, 11) is 0. The largest absolute Gasteiger partial charge is 0.508 e. The molecule has 4 nitrogen and oxygen atoms in total. The SMILES string of the molecule is CC(C)=CCc1cc2c(cc1O)O[C@H]1c3ccc(O)cc3OC[C@@H]21. The predicted molar refractivity (Wildman–Crippen MR) is 91.0 cm³/mol. The summed E-state index contributed by atoms with van der Waals surface area (Å²) in [6, 6.07) is 8.85. The molecule has 4 rings (SSSR count). The first-order valence-electron chi connectivity index (χ1n) is 8.14. The van der Waals surface area contributed by atoms with Crippen LogP contribution in [0, 0.1) is 0 Å². The van der Waals surface area contributed by atoms with Gasteiger partial charge in [0.15, 0.2) is 0 Å². The Morgan fingerprint density at radius 1 is 1.12 bits per heavy atom. The minimum absolute atomic E-state index is 0.100. The van der Waals surface area contributed by atoms with Crippen LogP contribution in [0.2, 0.25) is 0 Å². The van der Waals surface area contributed by atoms with E-state index in [2.05, 4.69) is 6.08 Å². The first kappa shape index (κ1) is 14.9. The van der Waals surface area contributed by atoms with E-state index in [-0.39, 0.29) is 23.5 Å². The molecule has 2 atom stereocenters. The zero-order valence-corrected chi connectivity index (χ0v) is 13.7. The zero-order chi connectivity index (χ0) is 16.8. The van der Waals surface area contributed by atoms with Crippen LogP contribution >= 0.6 is 0 Å². The van der Waals surface area contributed by atoms with Gasteiger partial charge in [0.1, 0.15) is 29.1 Å². The van der Waals surface area contributed by atoms with Crippen molar-refractivity contribution in [2.75, 3.05) is 6.61 Å². The van der Waals surface area contributed by atoms with Crippen LogP contribution in [0.25, 0.3) is 0 Å². The molecule has 0 bridgehead atoms. The van der Waals surface area contributed by atoms with Crippen LogP contribution in [0.15, 0.2) is 42.0 Å². The molecule has 24 heavy (non-hydrogen) atoms. The summed E-state index contributed by atoms with van der Waals surface area (Å²) < 4.78 is 11.9. The van der Waals surface area contributed by atoms with Crippen molar-refractivity contribution in [3.63, 3.8) is 0 Å². The van der Waals surface area contributed by atoms with Crippen molar-refractivity contribution in [3.8, 4) is 23.0 Å². The molecule has 0 radical (unpaired) electrons. The summed E-state index contributed by atoms with van der Waals surface area (Å²) in [6.45, 7) is 4.59. The average Bonchev–Trinajstić information content (AvgIpc) is 2.89. The topological polar surface area (TPSA) is 58.9 Å². The van der Waals surface area contributed by atoms with E-state index in [0.717, 1.165) is 16.7 Å².